The first-order valence-corrected chi connectivity index (χ1v) is 10.3. The Bertz CT molecular complexity index is 1030. The monoisotopic (exact) mass is 390 g/mol. The molecule has 5 atom stereocenters. The summed E-state index contributed by atoms with van der Waals surface area (Å²) in [6.07, 6.45) is 0.427. The number of Topliss-reactive ketones (excluding diaryl/α,β-unsaturated/α-hetero) is 1. The molecule has 2 bridgehead atoms. The van der Waals surface area contributed by atoms with Crippen LogP contribution in [-0.4, -0.2) is 30.2 Å². The molecule has 3 unspecified atom stereocenters. The van der Waals surface area contributed by atoms with Gasteiger partial charge in [-0.2, -0.15) is 0 Å². The number of ether oxygens (including phenoxy) is 2. The van der Waals surface area contributed by atoms with E-state index in [1.54, 1.807) is 7.11 Å². The van der Waals surface area contributed by atoms with E-state index in [4.69, 9.17) is 9.47 Å². The van der Waals surface area contributed by atoms with Crippen LogP contribution in [0.2, 0.25) is 0 Å². The van der Waals surface area contributed by atoms with E-state index < -0.39 is 0 Å². The molecule has 2 aromatic carbocycles. The summed E-state index contributed by atoms with van der Waals surface area (Å²) >= 11 is 0. The zero-order valence-electron chi connectivity index (χ0n) is 17.2. The van der Waals surface area contributed by atoms with E-state index in [-0.39, 0.29) is 41.5 Å². The molecule has 29 heavy (non-hydrogen) atoms. The third-order valence-corrected chi connectivity index (χ3v) is 6.94. The quantitative estimate of drug-likeness (QED) is 0.828. The molecule has 0 amide bonds. The van der Waals surface area contributed by atoms with E-state index in [1.807, 2.05) is 32.0 Å². The number of hydrogen-bond acceptors (Lipinski definition) is 4. The molecule has 0 spiro atoms. The lowest BCUT2D eigenvalue weighted by atomic mass is 9.72. The second kappa shape index (κ2) is 6.46. The Morgan fingerprint density at radius 3 is 2.45 bits per heavy atom. The van der Waals surface area contributed by atoms with Gasteiger partial charge in [0.15, 0.2) is 5.78 Å². The molecule has 2 saturated heterocycles. The zero-order chi connectivity index (χ0) is 20.4. The molecule has 1 aliphatic carbocycles. The van der Waals surface area contributed by atoms with Crippen LogP contribution < -0.4 is 4.74 Å². The van der Waals surface area contributed by atoms with Gasteiger partial charge in [-0.15, -0.1) is 0 Å². The smallest absolute Gasteiger partial charge is 0.173 e. The fraction of sp³-hybridized carbons (Fsp3) is 0.400. The minimum Gasteiger partial charge on any atom is -0.511 e. The Labute approximate surface area is 171 Å². The van der Waals surface area contributed by atoms with Gasteiger partial charge in [-0.3, -0.25) is 4.79 Å². The van der Waals surface area contributed by atoms with E-state index in [9.17, 15) is 9.90 Å². The normalized spacial score (nSPS) is 30.2. The van der Waals surface area contributed by atoms with E-state index >= 15 is 0 Å². The minimum atomic E-state index is -0.277. The van der Waals surface area contributed by atoms with Gasteiger partial charge in [-0.1, -0.05) is 35.9 Å². The second-order valence-corrected chi connectivity index (χ2v) is 8.67. The lowest BCUT2D eigenvalue weighted by Gasteiger charge is -2.28. The van der Waals surface area contributed by atoms with Gasteiger partial charge in [0, 0.05) is 5.92 Å². The van der Waals surface area contributed by atoms with Gasteiger partial charge in [0.05, 0.1) is 36.7 Å². The van der Waals surface area contributed by atoms with E-state index in [0.717, 1.165) is 40.0 Å². The van der Waals surface area contributed by atoms with Crippen molar-refractivity contribution in [3.63, 3.8) is 0 Å². The Kier molecular flexibility index (Phi) is 4.11. The first-order chi connectivity index (χ1) is 13.9. The molecule has 3 aliphatic rings. The van der Waals surface area contributed by atoms with Crippen LogP contribution in [0.5, 0.6) is 5.75 Å². The van der Waals surface area contributed by atoms with Gasteiger partial charge in [0.25, 0.3) is 0 Å². The maximum Gasteiger partial charge on any atom is 0.173 e. The van der Waals surface area contributed by atoms with Crippen molar-refractivity contribution < 1.29 is 19.4 Å². The number of aryl methyl sites for hydroxylation is 3. The molecule has 2 heterocycles. The molecule has 5 rings (SSSR count). The van der Waals surface area contributed by atoms with Crippen LogP contribution >= 0.6 is 0 Å². The number of para-hydroxylation sites is 1. The number of aliphatic hydroxyl groups is 1. The predicted molar refractivity (Wildman–Crippen MR) is 111 cm³/mol. The number of benzene rings is 2. The number of ketones is 1. The van der Waals surface area contributed by atoms with Gasteiger partial charge in [-0.05, 0) is 55.5 Å². The molecule has 2 aliphatic heterocycles. The van der Waals surface area contributed by atoms with Crippen molar-refractivity contribution in [1.29, 1.82) is 0 Å². The predicted octanol–water partition coefficient (Wildman–Crippen LogP) is 4.66. The molecule has 150 valence electrons. The van der Waals surface area contributed by atoms with Crippen LogP contribution in [0.25, 0.3) is 5.57 Å². The molecule has 4 heteroatoms. The molecule has 1 N–H and O–H groups in total. The van der Waals surface area contributed by atoms with Crippen molar-refractivity contribution in [1.82, 2.24) is 0 Å². The van der Waals surface area contributed by atoms with Crippen LogP contribution in [0.1, 0.15) is 40.2 Å². The van der Waals surface area contributed by atoms with Gasteiger partial charge in [0.2, 0.25) is 0 Å². The Hall–Kier alpha value is -2.59. The number of carbonyl (C=O) groups is 1. The summed E-state index contributed by atoms with van der Waals surface area (Å²) in [4.78, 5) is 13.4. The van der Waals surface area contributed by atoms with Crippen molar-refractivity contribution in [3.8, 4) is 5.75 Å². The Morgan fingerprint density at radius 2 is 1.76 bits per heavy atom. The SMILES string of the molecule is COc1ccccc1C1CC2OC1[C@H]1C(O)=C(c3c(C)cc(C)cc3C)C(=O)[C@@H]21. The summed E-state index contributed by atoms with van der Waals surface area (Å²) in [7, 11) is 1.67. The summed E-state index contributed by atoms with van der Waals surface area (Å²) in [5.41, 5.74) is 5.72. The van der Waals surface area contributed by atoms with E-state index in [2.05, 4.69) is 25.1 Å². The van der Waals surface area contributed by atoms with Crippen molar-refractivity contribution in [2.24, 2.45) is 11.8 Å². The first kappa shape index (κ1) is 18.4. The molecule has 0 radical (unpaired) electrons. The average Bonchev–Trinajstić information content (AvgIpc) is 3.34. The molecule has 0 aromatic heterocycles. The van der Waals surface area contributed by atoms with Gasteiger partial charge < -0.3 is 14.6 Å². The van der Waals surface area contributed by atoms with E-state index in [0.29, 0.717) is 5.57 Å². The maximum absolute atomic E-state index is 13.4. The molecular formula is C25H26O4. The highest BCUT2D eigenvalue weighted by Gasteiger charge is 2.62. The third-order valence-electron chi connectivity index (χ3n) is 6.94. The zero-order valence-corrected chi connectivity index (χ0v) is 17.2. The second-order valence-electron chi connectivity index (χ2n) is 8.67. The lowest BCUT2D eigenvalue weighted by molar-refractivity contribution is -0.118. The van der Waals surface area contributed by atoms with Crippen LogP contribution in [0.3, 0.4) is 0 Å². The number of hydrogen-bond donors (Lipinski definition) is 1. The minimum absolute atomic E-state index is 0.0357. The van der Waals surface area contributed by atoms with E-state index in [1.165, 1.54) is 0 Å². The number of aliphatic hydroxyl groups excluding tert-OH is 1. The van der Waals surface area contributed by atoms with Gasteiger partial charge in [0.1, 0.15) is 11.5 Å². The summed E-state index contributed by atoms with van der Waals surface area (Å²) in [5, 5.41) is 11.3. The van der Waals surface area contributed by atoms with Crippen molar-refractivity contribution >= 4 is 11.4 Å². The van der Waals surface area contributed by atoms with Crippen molar-refractivity contribution in [2.45, 2.75) is 45.3 Å². The van der Waals surface area contributed by atoms with Crippen LogP contribution in [-0.2, 0) is 9.53 Å². The summed E-state index contributed by atoms with van der Waals surface area (Å²) in [6, 6.07) is 12.1. The first-order valence-electron chi connectivity index (χ1n) is 10.3. The van der Waals surface area contributed by atoms with Gasteiger partial charge >= 0.3 is 0 Å². The molecule has 2 aromatic rings. The number of rotatable bonds is 3. The molecular weight excluding hydrogens is 364 g/mol. The van der Waals surface area contributed by atoms with Crippen LogP contribution in [0.4, 0.5) is 0 Å². The lowest BCUT2D eigenvalue weighted by Crippen LogP contribution is -2.33. The third kappa shape index (κ3) is 2.52. The van der Waals surface area contributed by atoms with Crippen molar-refractivity contribution in [2.75, 3.05) is 7.11 Å². The van der Waals surface area contributed by atoms with Crippen LogP contribution in [0.15, 0.2) is 42.2 Å². The number of carbonyl (C=O) groups excluding carboxylic acids is 1. The Morgan fingerprint density at radius 1 is 1.07 bits per heavy atom. The standard InChI is InChI=1S/C25H26O4/c1-12-9-13(2)19(14(3)10-12)21-23(26)20-18-11-16(25(29-18)22(20)24(21)27)15-7-5-6-8-17(15)28-4/h5-10,16,18,20,22,25,27H,11H2,1-4H3/t16?,18?,20-,22+,25?/m0/s1. The number of methoxy groups -OCH3 is 1. The molecule has 2 fully saturated rings. The summed E-state index contributed by atoms with van der Waals surface area (Å²) < 4.78 is 11.8. The Balaban J connectivity index is 1.58. The molecule has 4 nitrogen and oxygen atoms in total. The highest BCUT2D eigenvalue weighted by molar-refractivity contribution is 6.26. The van der Waals surface area contributed by atoms with Crippen molar-refractivity contribution in [3.05, 3.63) is 70.0 Å². The highest BCUT2D eigenvalue weighted by atomic mass is 16.5. The average molecular weight is 390 g/mol. The fourth-order valence-corrected chi connectivity index (χ4v) is 5.96. The summed E-state index contributed by atoms with van der Waals surface area (Å²) in [6.45, 7) is 6.08. The number of fused-ring (bicyclic) bond motifs is 5. The number of allylic oxidation sites excluding steroid dienone is 1. The summed E-state index contributed by atoms with van der Waals surface area (Å²) in [5.74, 6) is 0.651. The molecule has 0 saturated carbocycles. The van der Waals surface area contributed by atoms with Gasteiger partial charge in [-0.25, -0.2) is 0 Å². The topological polar surface area (TPSA) is 55.8 Å². The largest absolute Gasteiger partial charge is 0.511 e. The highest BCUT2D eigenvalue weighted by Crippen LogP contribution is 2.59. The fourth-order valence-electron chi connectivity index (χ4n) is 5.96. The maximum atomic E-state index is 13.4. The van der Waals surface area contributed by atoms with Crippen LogP contribution in [0, 0.1) is 32.6 Å².